The van der Waals surface area contributed by atoms with Gasteiger partial charge in [0.15, 0.2) is 0 Å². The first-order valence-electron chi connectivity index (χ1n) is 5.74. The van der Waals surface area contributed by atoms with Gasteiger partial charge in [-0.3, -0.25) is 13.9 Å². The van der Waals surface area contributed by atoms with Crippen LogP contribution in [0.2, 0.25) is 0 Å². The molecule has 0 unspecified atom stereocenters. The molecule has 0 bridgehead atoms. The molecule has 0 spiro atoms. The van der Waals surface area contributed by atoms with Crippen molar-refractivity contribution in [3.05, 3.63) is 39.1 Å². The summed E-state index contributed by atoms with van der Waals surface area (Å²) >= 11 is 0. The molecule has 1 N–H and O–H groups in total. The van der Waals surface area contributed by atoms with E-state index in [0.717, 1.165) is 9.13 Å². The molecule has 0 saturated carbocycles. The van der Waals surface area contributed by atoms with Crippen molar-refractivity contribution >= 4 is 5.71 Å². The van der Waals surface area contributed by atoms with Gasteiger partial charge in [0.25, 0.3) is 5.56 Å². The highest BCUT2D eigenvalue weighted by atomic mass is 16.6. The summed E-state index contributed by atoms with van der Waals surface area (Å²) in [5.74, 6) is -0.420. The first kappa shape index (κ1) is 14.7. The predicted octanol–water partition coefficient (Wildman–Crippen LogP) is 0.106. The van der Waals surface area contributed by atoms with Gasteiger partial charge < -0.3 is 9.94 Å². The number of hydrogen-bond acceptors (Lipinski definition) is 5. The van der Waals surface area contributed by atoms with E-state index in [1.165, 1.54) is 20.2 Å². The Bertz CT molecular complexity index is 625. The number of nitrogens with zero attached hydrogens (tertiary/aromatic N) is 3. The molecule has 1 aromatic heterocycles. The largest absolute Gasteiger partial charge is 0.494 e. The number of hydrogen-bond donors (Lipinski definition) is 1. The maximum Gasteiger partial charge on any atom is 0.333 e. The number of oxime groups is 1. The van der Waals surface area contributed by atoms with Gasteiger partial charge in [-0.05, 0) is 6.42 Å². The average molecular weight is 267 g/mol. The van der Waals surface area contributed by atoms with Crippen LogP contribution < -0.4 is 11.2 Å². The SMILES string of the molecule is C=CCON=C(CC)c1c(O)n(C)c(=O)n(C)c1=O. The molecule has 0 atom stereocenters. The number of aromatic nitrogens is 2. The van der Waals surface area contributed by atoms with Crippen LogP contribution in [0.1, 0.15) is 18.9 Å². The molecule has 0 aliphatic carbocycles. The number of rotatable bonds is 5. The lowest BCUT2D eigenvalue weighted by atomic mass is 10.1. The van der Waals surface area contributed by atoms with E-state index in [1.807, 2.05) is 0 Å². The molecule has 104 valence electrons. The van der Waals surface area contributed by atoms with E-state index in [0.29, 0.717) is 6.42 Å². The van der Waals surface area contributed by atoms with Crippen LogP contribution in [0, 0.1) is 0 Å². The fourth-order valence-electron chi connectivity index (χ4n) is 1.54. The Morgan fingerprint density at radius 2 is 2.05 bits per heavy atom. The monoisotopic (exact) mass is 267 g/mol. The van der Waals surface area contributed by atoms with Gasteiger partial charge >= 0.3 is 5.69 Å². The Morgan fingerprint density at radius 3 is 2.58 bits per heavy atom. The minimum absolute atomic E-state index is 0.0313. The standard InChI is InChI=1S/C12H17N3O4/c1-5-7-19-13-8(6-2)9-10(16)14(3)12(18)15(4)11(9)17/h5,16H,1,6-7H2,2-4H3. The predicted molar refractivity (Wildman–Crippen MR) is 71.6 cm³/mol. The van der Waals surface area contributed by atoms with Crippen LogP contribution in [0.15, 0.2) is 27.4 Å². The molecular weight excluding hydrogens is 250 g/mol. The van der Waals surface area contributed by atoms with Crippen molar-refractivity contribution < 1.29 is 9.94 Å². The Hall–Kier alpha value is -2.31. The fourth-order valence-corrected chi connectivity index (χ4v) is 1.54. The van der Waals surface area contributed by atoms with E-state index in [2.05, 4.69) is 11.7 Å². The first-order chi connectivity index (χ1) is 8.95. The summed E-state index contributed by atoms with van der Waals surface area (Å²) in [6, 6.07) is 0. The third-order valence-corrected chi connectivity index (χ3v) is 2.62. The smallest absolute Gasteiger partial charge is 0.333 e. The van der Waals surface area contributed by atoms with E-state index in [9.17, 15) is 14.7 Å². The van der Waals surface area contributed by atoms with Crippen molar-refractivity contribution in [3.8, 4) is 5.88 Å². The fraction of sp³-hybridized carbons (Fsp3) is 0.417. The van der Waals surface area contributed by atoms with Crippen molar-refractivity contribution in [2.24, 2.45) is 19.3 Å². The van der Waals surface area contributed by atoms with Crippen LogP contribution in [-0.2, 0) is 18.9 Å². The lowest BCUT2D eigenvalue weighted by molar-refractivity contribution is 0.174. The van der Waals surface area contributed by atoms with Crippen LogP contribution in [0.4, 0.5) is 0 Å². The van der Waals surface area contributed by atoms with Crippen molar-refractivity contribution in [2.45, 2.75) is 13.3 Å². The number of aromatic hydroxyl groups is 1. The molecule has 0 aromatic carbocycles. The summed E-state index contributed by atoms with van der Waals surface area (Å²) in [6.07, 6.45) is 1.88. The zero-order valence-corrected chi connectivity index (χ0v) is 11.2. The zero-order chi connectivity index (χ0) is 14.6. The van der Waals surface area contributed by atoms with Crippen molar-refractivity contribution in [2.75, 3.05) is 6.61 Å². The highest BCUT2D eigenvalue weighted by molar-refractivity contribution is 6.01. The van der Waals surface area contributed by atoms with Crippen LogP contribution in [-0.4, -0.2) is 26.6 Å². The molecule has 0 saturated heterocycles. The highest BCUT2D eigenvalue weighted by Crippen LogP contribution is 2.12. The molecule has 0 radical (unpaired) electrons. The van der Waals surface area contributed by atoms with E-state index in [4.69, 9.17) is 4.84 Å². The van der Waals surface area contributed by atoms with Gasteiger partial charge in [-0.15, -0.1) is 0 Å². The van der Waals surface area contributed by atoms with Gasteiger partial charge in [0.05, 0.1) is 5.71 Å². The minimum Gasteiger partial charge on any atom is -0.494 e. The van der Waals surface area contributed by atoms with Crippen LogP contribution >= 0.6 is 0 Å². The quantitative estimate of drug-likeness (QED) is 0.355. The van der Waals surface area contributed by atoms with Gasteiger partial charge in [0.1, 0.15) is 12.2 Å². The lowest BCUT2D eigenvalue weighted by Crippen LogP contribution is -2.40. The summed E-state index contributed by atoms with van der Waals surface area (Å²) < 4.78 is 1.89. The van der Waals surface area contributed by atoms with Gasteiger partial charge in [-0.25, -0.2) is 4.79 Å². The molecular formula is C12H17N3O4. The molecule has 1 aromatic rings. The second-order valence-electron chi connectivity index (χ2n) is 3.88. The molecule has 0 aliphatic heterocycles. The minimum atomic E-state index is -0.608. The second-order valence-corrected chi connectivity index (χ2v) is 3.88. The van der Waals surface area contributed by atoms with E-state index in [-0.39, 0.29) is 17.9 Å². The second kappa shape index (κ2) is 6.03. The summed E-state index contributed by atoms with van der Waals surface area (Å²) in [5.41, 5.74) is -0.969. The maximum absolute atomic E-state index is 12.0. The van der Waals surface area contributed by atoms with Crippen molar-refractivity contribution in [1.29, 1.82) is 0 Å². The Morgan fingerprint density at radius 1 is 1.42 bits per heavy atom. The third-order valence-electron chi connectivity index (χ3n) is 2.62. The topological polar surface area (TPSA) is 85.8 Å². The van der Waals surface area contributed by atoms with E-state index < -0.39 is 17.1 Å². The van der Waals surface area contributed by atoms with Crippen molar-refractivity contribution in [3.63, 3.8) is 0 Å². The first-order valence-corrected chi connectivity index (χ1v) is 5.74. The van der Waals surface area contributed by atoms with Crippen LogP contribution in [0.3, 0.4) is 0 Å². The lowest BCUT2D eigenvalue weighted by Gasteiger charge is -2.10. The van der Waals surface area contributed by atoms with E-state index in [1.54, 1.807) is 6.92 Å². The molecule has 19 heavy (non-hydrogen) atoms. The summed E-state index contributed by atoms with van der Waals surface area (Å²) in [7, 11) is 2.71. The molecule has 7 heteroatoms. The summed E-state index contributed by atoms with van der Waals surface area (Å²) in [6.45, 7) is 5.43. The van der Waals surface area contributed by atoms with Gasteiger partial charge in [-0.2, -0.15) is 0 Å². The average Bonchev–Trinajstić information content (AvgIpc) is 2.41. The highest BCUT2D eigenvalue weighted by Gasteiger charge is 2.19. The van der Waals surface area contributed by atoms with Crippen molar-refractivity contribution in [1.82, 2.24) is 9.13 Å². The molecule has 0 aliphatic rings. The Labute approximate surface area is 110 Å². The summed E-state index contributed by atoms with van der Waals surface area (Å²) in [4.78, 5) is 28.6. The maximum atomic E-state index is 12.0. The molecule has 7 nitrogen and oxygen atoms in total. The van der Waals surface area contributed by atoms with Crippen LogP contribution in [0.25, 0.3) is 0 Å². The van der Waals surface area contributed by atoms with Gasteiger partial charge in [0.2, 0.25) is 5.88 Å². The van der Waals surface area contributed by atoms with Gasteiger partial charge in [-0.1, -0.05) is 24.7 Å². The Balaban J connectivity index is 3.49. The zero-order valence-electron chi connectivity index (χ0n) is 11.2. The van der Waals surface area contributed by atoms with Gasteiger partial charge in [0, 0.05) is 14.1 Å². The molecule has 1 heterocycles. The van der Waals surface area contributed by atoms with E-state index >= 15 is 0 Å². The third kappa shape index (κ3) is 2.75. The molecule has 1 rings (SSSR count). The summed E-state index contributed by atoms with van der Waals surface area (Å²) in [5, 5.41) is 13.7. The molecule has 0 fully saturated rings. The Kier molecular flexibility index (Phi) is 4.68. The van der Waals surface area contributed by atoms with Crippen LogP contribution in [0.5, 0.6) is 5.88 Å². The normalized spacial score (nSPS) is 11.4. The molecule has 0 amide bonds.